The number of aromatic amines is 1. The molecule has 80 valence electrons. The highest BCUT2D eigenvalue weighted by molar-refractivity contribution is 5.43. The van der Waals surface area contributed by atoms with Crippen molar-refractivity contribution in [1.29, 1.82) is 0 Å². The molecular formula is C10H13N3O2. The van der Waals surface area contributed by atoms with Gasteiger partial charge in [-0.25, -0.2) is 0 Å². The molecular weight excluding hydrogens is 194 g/mol. The number of aromatic nitrogens is 3. The Morgan fingerprint density at radius 1 is 1.60 bits per heavy atom. The molecule has 2 aromatic rings. The van der Waals surface area contributed by atoms with Crippen molar-refractivity contribution >= 4 is 5.65 Å². The van der Waals surface area contributed by atoms with Gasteiger partial charge in [0.2, 0.25) is 5.88 Å². The molecule has 5 nitrogen and oxygen atoms in total. The third kappa shape index (κ3) is 1.49. The first-order valence-corrected chi connectivity index (χ1v) is 4.94. The van der Waals surface area contributed by atoms with E-state index in [2.05, 4.69) is 10.1 Å². The lowest BCUT2D eigenvalue weighted by atomic mass is 10.2. The van der Waals surface area contributed by atoms with Gasteiger partial charge in [-0.2, -0.15) is 9.61 Å². The van der Waals surface area contributed by atoms with Crippen molar-refractivity contribution in [3.8, 4) is 5.88 Å². The first-order valence-electron chi connectivity index (χ1n) is 4.94. The molecule has 0 bridgehead atoms. The van der Waals surface area contributed by atoms with Crippen LogP contribution in [0.2, 0.25) is 0 Å². The first kappa shape index (κ1) is 9.76. The van der Waals surface area contributed by atoms with E-state index in [1.54, 1.807) is 6.07 Å². The second-order valence-electron chi connectivity index (χ2n) is 3.59. The molecule has 0 fully saturated rings. The van der Waals surface area contributed by atoms with Gasteiger partial charge in [-0.1, -0.05) is 13.3 Å². The third-order valence-electron chi connectivity index (χ3n) is 2.32. The summed E-state index contributed by atoms with van der Waals surface area (Å²) in [5, 5.41) is 13.9. The summed E-state index contributed by atoms with van der Waals surface area (Å²) < 4.78 is 1.36. The van der Waals surface area contributed by atoms with Crippen LogP contribution in [0, 0.1) is 6.92 Å². The van der Waals surface area contributed by atoms with Gasteiger partial charge in [0.1, 0.15) is 5.65 Å². The van der Waals surface area contributed by atoms with Gasteiger partial charge < -0.3 is 10.1 Å². The van der Waals surface area contributed by atoms with Gasteiger partial charge in [0.15, 0.2) is 0 Å². The molecule has 0 saturated heterocycles. The summed E-state index contributed by atoms with van der Waals surface area (Å²) >= 11 is 0. The predicted octanol–water partition coefficient (Wildman–Crippen LogP) is 0.989. The Hall–Kier alpha value is -1.78. The zero-order valence-electron chi connectivity index (χ0n) is 8.74. The maximum atomic E-state index is 11.6. The summed E-state index contributed by atoms with van der Waals surface area (Å²) in [6.45, 7) is 3.77. The van der Waals surface area contributed by atoms with Crippen molar-refractivity contribution in [3.63, 3.8) is 0 Å². The Balaban J connectivity index is 2.77. The fourth-order valence-corrected chi connectivity index (χ4v) is 1.65. The fraction of sp³-hybridized carbons (Fsp3) is 0.400. The van der Waals surface area contributed by atoms with Crippen molar-refractivity contribution in [2.24, 2.45) is 0 Å². The van der Waals surface area contributed by atoms with Gasteiger partial charge in [-0.05, 0) is 13.3 Å². The zero-order valence-corrected chi connectivity index (χ0v) is 8.74. The maximum Gasteiger partial charge on any atom is 0.258 e. The number of nitrogens with one attached hydrogen (secondary N) is 1. The molecule has 5 heteroatoms. The number of fused-ring (bicyclic) bond motifs is 1. The van der Waals surface area contributed by atoms with Gasteiger partial charge in [-0.3, -0.25) is 4.79 Å². The van der Waals surface area contributed by atoms with Crippen LogP contribution in [0.15, 0.2) is 10.9 Å². The molecule has 0 unspecified atom stereocenters. The van der Waals surface area contributed by atoms with Gasteiger partial charge in [0.05, 0.1) is 11.3 Å². The lowest BCUT2D eigenvalue weighted by Gasteiger charge is -2.03. The van der Waals surface area contributed by atoms with Gasteiger partial charge in [0, 0.05) is 6.07 Å². The minimum atomic E-state index is -0.234. The fourth-order valence-electron chi connectivity index (χ4n) is 1.65. The molecule has 0 amide bonds. The van der Waals surface area contributed by atoms with Gasteiger partial charge >= 0.3 is 0 Å². The van der Waals surface area contributed by atoms with Crippen LogP contribution in [0.3, 0.4) is 0 Å². The Morgan fingerprint density at radius 2 is 2.33 bits per heavy atom. The molecule has 0 spiro atoms. The van der Waals surface area contributed by atoms with E-state index in [9.17, 15) is 9.90 Å². The maximum absolute atomic E-state index is 11.6. The molecule has 2 aromatic heterocycles. The van der Waals surface area contributed by atoms with E-state index in [-0.39, 0.29) is 11.4 Å². The third-order valence-corrected chi connectivity index (χ3v) is 2.32. The molecule has 0 aliphatic carbocycles. The monoisotopic (exact) mass is 207 g/mol. The molecule has 2 rings (SSSR count). The minimum absolute atomic E-state index is 0.0521. The summed E-state index contributed by atoms with van der Waals surface area (Å²) in [7, 11) is 0. The number of aryl methyl sites for hydroxylation is 1. The Morgan fingerprint density at radius 3 is 3.00 bits per heavy atom. The van der Waals surface area contributed by atoms with E-state index in [0.29, 0.717) is 17.6 Å². The van der Waals surface area contributed by atoms with Gasteiger partial charge in [0.25, 0.3) is 5.56 Å². The van der Waals surface area contributed by atoms with Crippen LogP contribution in [0.5, 0.6) is 5.88 Å². The van der Waals surface area contributed by atoms with Crippen LogP contribution >= 0.6 is 0 Å². The minimum Gasteiger partial charge on any atom is -0.493 e. The highest BCUT2D eigenvalue weighted by Gasteiger charge is 2.12. The van der Waals surface area contributed by atoms with Crippen molar-refractivity contribution in [3.05, 3.63) is 27.7 Å². The molecule has 15 heavy (non-hydrogen) atoms. The largest absolute Gasteiger partial charge is 0.493 e. The molecule has 0 aliphatic heterocycles. The second-order valence-corrected chi connectivity index (χ2v) is 3.59. The SMILES string of the molecule is CCCc1c(O)n2nc(C)cc2[nH]c1=O. The lowest BCUT2D eigenvalue weighted by molar-refractivity contribution is 0.425. The Bertz CT molecular complexity index is 554. The predicted molar refractivity (Wildman–Crippen MR) is 56.2 cm³/mol. The van der Waals surface area contributed by atoms with Crippen LogP contribution in [0.4, 0.5) is 0 Å². The topological polar surface area (TPSA) is 70.4 Å². The van der Waals surface area contributed by atoms with Crippen molar-refractivity contribution in [2.75, 3.05) is 0 Å². The number of rotatable bonds is 2. The van der Waals surface area contributed by atoms with Crippen LogP contribution < -0.4 is 5.56 Å². The summed E-state index contributed by atoms with van der Waals surface area (Å²) in [6, 6.07) is 1.72. The average Bonchev–Trinajstić information content (AvgIpc) is 2.53. The lowest BCUT2D eigenvalue weighted by Crippen LogP contribution is -2.15. The molecule has 2 N–H and O–H groups in total. The van der Waals surface area contributed by atoms with Crippen molar-refractivity contribution < 1.29 is 5.11 Å². The smallest absolute Gasteiger partial charge is 0.258 e. The average molecular weight is 207 g/mol. The number of H-pyrrole nitrogens is 1. The number of aromatic hydroxyl groups is 1. The van der Waals surface area contributed by atoms with E-state index in [1.807, 2.05) is 13.8 Å². The number of nitrogens with zero attached hydrogens (tertiary/aromatic N) is 2. The van der Waals surface area contributed by atoms with Crippen LogP contribution in [0.1, 0.15) is 24.6 Å². The summed E-state index contributed by atoms with van der Waals surface area (Å²) in [6.07, 6.45) is 1.36. The standard InChI is InChI=1S/C10H13N3O2/c1-3-4-7-9(14)11-8-5-6(2)12-13(8)10(7)15/h5,15H,3-4H2,1-2H3,(H,11,14). The van der Waals surface area contributed by atoms with Gasteiger partial charge in [-0.15, -0.1) is 0 Å². The second kappa shape index (κ2) is 3.42. The van der Waals surface area contributed by atoms with E-state index >= 15 is 0 Å². The van der Waals surface area contributed by atoms with Crippen molar-refractivity contribution in [1.82, 2.24) is 14.6 Å². The van der Waals surface area contributed by atoms with E-state index in [1.165, 1.54) is 4.52 Å². The molecule has 0 aliphatic rings. The molecule has 0 atom stereocenters. The normalized spacial score (nSPS) is 11.1. The molecule has 0 radical (unpaired) electrons. The molecule has 0 saturated carbocycles. The van der Waals surface area contributed by atoms with Crippen LogP contribution in [-0.2, 0) is 6.42 Å². The first-order chi connectivity index (χ1) is 7.13. The van der Waals surface area contributed by atoms with E-state index in [0.717, 1.165) is 12.1 Å². The quantitative estimate of drug-likeness (QED) is 0.771. The summed E-state index contributed by atoms with van der Waals surface area (Å²) in [5.74, 6) is -0.0521. The van der Waals surface area contributed by atoms with Crippen LogP contribution in [0.25, 0.3) is 5.65 Å². The highest BCUT2D eigenvalue weighted by Crippen LogP contribution is 2.15. The Kier molecular flexibility index (Phi) is 2.22. The zero-order chi connectivity index (χ0) is 11.0. The highest BCUT2D eigenvalue weighted by atomic mass is 16.3. The van der Waals surface area contributed by atoms with Crippen LogP contribution in [-0.4, -0.2) is 19.7 Å². The summed E-state index contributed by atoms with van der Waals surface area (Å²) in [4.78, 5) is 14.3. The Labute approximate surface area is 86.4 Å². The van der Waals surface area contributed by atoms with E-state index < -0.39 is 0 Å². The van der Waals surface area contributed by atoms with E-state index in [4.69, 9.17) is 0 Å². The summed E-state index contributed by atoms with van der Waals surface area (Å²) in [5.41, 5.74) is 1.44. The number of hydrogen-bond acceptors (Lipinski definition) is 3. The van der Waals surface area contributed by atoms with Crippen molar-refractivity contribution in [2.45, 2.75) is 26.7 Å². The molecule has 2 heterocycles. The molecule has 0 aromatic carbocycles. The number of hydrogen-bond donors (Lipinski definition) is 2.